The Bertz CT molecular complexity index is 1070. The molecule has 0 saturated carbocycles. The molecule has 3 N–H and O–H groups in total. The molecule has 6 heteroatoms. The predicted octanol–water partition coefficient (Wildman–Crippen LogP) is 13.8. The van der Waals surface area contributed by atoms with Gasteiger partial charge in [-0.05, 0) is 57.4 Å². The normalized spacial score (nSPS) is 14.0. The van der Waals surface area contributed by atoms with Crippen molar-refractivity contribution in [3.63, 3.8) is 0 Å². The number of carbonyl (C=O) groups is 2. The van der Waals surface area contributed by atoms with Crippen molar-refractivity contribution in [3.05, 3.63) is 72.9 Å². The topological polar surface area (TPSA) is 95.9 Å². The highest BCUT2D eigenvalue weighted by molar-refractivity contribution is 5.78. The Balaban J connectivity index is 4.81. The highest BCUT2D eigenvalue weighted by atomic mass is 16.5. The Morgan fingerprint density at radius 3 is 1.33 bits per heavy atom. The van der Waals surface area contributed by atoms with Crippen molar-refractivity contribution < 1.29 is 24.5 Å². The second-order valence-electron chi connectivity index (χ2n) is 15.8. The Hall–Kier alpha value is -2.70. The number of nitrogens with one attached hydrogen (secondary N) is 1. The number of ether oxygens (including phenoxy) is 1. The number of carbonyl (C=O) groups excluding carboxylic acids is 2. The first-order valence-electron chi connectivity index (χ1n) is 23.7. The molecule has 57 heavy (non-hydrogen) atoms. The van der Waals surface area contributed by atoms with Crippen LogP contribution >= 0.6 is 0 Å². The molecule has 328 valence electrons. The number of aliphatic hydroxyl groups excluding tert-OH is 2. The summed E-state index contributed by atoms with van der Waals surface area (Å²) in [4.78, 5) is 25.9. The van der Waals surface area contributed by atoms with Crippen LogP contribution in [0.2, 0.25) is 0 Å². The van der Waals surface area contributed by atoms with E-state index in [0.717, 1.165) is 70.6 Å². The number of esters is 1. The van der Waals surface area contributed by atoms with E-state index in [2.05, 4.69) is 86.8 Å². The van der Waals surface area contributed by atoms with Gasteiger partial charge in [-0.2, -0.15) is 0 Å². The maximum Gasteiger partial charge on any atom is 0.306 e. The van der Waals surface area contributed by atoms with Crippen LogP contribution in [-0.4, -0.2) is 46.9 Å². The molecule has 0 bridgehead atoms. The fraction of sp³-hybridized carbons (Fsp3) is 0.725. The predicted molar refractivity (Wildman–Crippen MR) is 245 cm³/mol. The molecule has 3 atom stereocenters. The van der Waals surface area contributed by atoms with Gasteiger partial charge in [-0.15, -0.1) is 0 Å². The number of amides is 1. The molecule has 0 saturated heterocycles. The molecule has 0 aliphatic heterocycles. The second kappa shape index (κ2) is 44.4. The fourth-order valence-corrected chi connectivity index (χ4v) is 6.72. The molecule has 0 fully saturated rings. The molecule has 0 aliphatic rings. The molecule has 0 rings (SSSR count). The van der Waals surface area contributed by atoms with Gasteiger partial charge in [-0.3, -0.25) is 9.59 Å². The maximum atomic E-state index is 13.1. The van der Waals surface area contributed by atoms with Crippen LogP contribution < -0.4 is 5.32 Å². The third-order valence-electron chi connectivity index (χ3n) is 10.3. The van der Waals surface area contributed by atoms with Crippen molar-refractivity contribution in [2.75, 3.05) is 6.61 Å². The third-order valence-corrected chi connectivity index (χ3v) is 10.3. The van der Waals surface area contributed by atoms with E-state index in [9.17, 15) is 19.8 Å². The van der Waals surface area contributed by atoms with Crippen LogP contribution in [0.4, 0.5) is 0 Å². The summed E-state index contributed by atoms with van der Waals surface area (Å²) in [5, 5.41) is 23.6. The maximum absolute atomic E-state index is 13.1. The van der Waals surface area contributed by atoms with Crippen LogP contribution in [0.25, 0.3) is 0 Å². The monoisotopic (exact) mass is 796 g/mol. The molecule has 3 unspecified atom stereocenters. The molecule has 0 radical (unpaired) electrons. The highest BCUT2D eigenvalue weighted by Gasteiger charge is 2.23. The van der Waals surface area contributed by atoms with Crippen LogP contribution in [-0.2, 0) is 14.3 Å². The first-order valence-corrected chi connectivity index (χ1v) is 23.7. The lowest BCUT2D eigenvalue weighted by atomic mass is 10.0. The van der Waals surface area contributed by atoms with Gasteiger partial charge in [-0.25, -0.2) is 0 Å². The van der Waals surface area contributed by atoms with Crippen molar-refractivity contribution in [3.8, 4) is 0 Å². The molecular formula is C51H89NO5. The van der Waals surface area contributed by atoms with Gasteiger partial charge in [0.1, 0.15) is 6.10 Å². The van der Waals surface area contributed by atoms with Gasteiger partial charge in [0.15, 0.2) is 0 Å². The van der Waals surface area contributed by atoms with Crippen molar-refractivity contribution in [2.24, 2.45) is 0 Å². The van der Waals surface area contributed by atoms with E-state index in [4.69, 9.17) is 4.74 Å². The molecule has 0 aromatic rings. The van der Waals surface area contributed by atoms with E-state index in [1.54, 1.807) is 6.08 Å². The average Bonchev–Trinajstić information content (AvgIpc) is 3.20. The van der Waals surface area contributed by atoms with Gasteiger partial charge in [0.25, 0.3) is 0 Å². The summed E-state index contributed by atoms with van der Waals surface area (Å²) in [7, 11) is 0. The lowest BCUT2D eigenvalue weighted by Crippen LogP contribution is -2.46. The summed E-state index contributed by atoms with van der Waals surface area (Å²) in [5.41, 5.74) is 0. The number of allylic oxidation sites excluding steroid dienone is 11. The summed E-state index contributed by atoms with van der Waals surface area (Å²) < 4.78 is 5.80. The van der Waals surface area contributed by atoms with Crippen LogP contribution in [0.5, 0.6) is 0 Å². The smallest absolute Gasteiger partial charge is 0.306 e. The Kier molecular flexibility index (Phi) is 42.3. The highest BCUT2D eigenvalue weighted by Crippen LogP contribution is 2.15. The molecule has 0 spiro atoms. The Morgan fingerprint density at radius 1 is 0.526 bits per heavy atom. The summed E-state index contributed by atoms with van der Waals surface area (Å²) in [6, 6.07) is -0.742. The summed E-state index contributed by atoms with van der Waals surface area (Å²) in [6.45, 7) is 6.30. The number of hydrogen-bond acceptors (Lipinski definition) is 5. The van der Waals surface area contributed by atoms with Crippen molar-refractivity contribution >= 4 is 11.9 Å². The van der Waals surface area contributed by atoms with E-state index < -0.39 is 18.2 Å². The van der Waals surface area contributed by atoms with Crippen LogP contribution in [0, 0.1) is 0 Å². The number of aliphatic hydroxyl groups is 2. The molecule has 0 aromatic carbocycles. The molecular weight excluding hydrogens is 707 g/mol. The third kappa shape index (κ3) is 39.9. The van der Waals surface area contributed by atoms with Gasteiger partial charge >= 0.3 is 5.97 Å². The van der Waals surface area contributed by atoms with Crippen LogP contribution in [0.3, 0.4) is 0 Å². The average molecular weight is 796 g/mol. The van der Waals surface area contributed by atoms with Gasteiger partial charge in [0, 0.05) is 6.42 Å². The van der Waals surface area contributed by atoms with E-state index in [-0.39, 0.29) is 24.9 Å². The summed E-state index contributed by atoms with van der Waals surface area (Å²) >= 11 is 0. The zero-order chi connectivity index (χ0) is 41.7. The minimum absolute atomic E-state index is 0.0480. The first-order chi connectivity index (χ1) is 28.0. The largest absolute Gasteiger partial charge is 0.458 e. The minimum Gasteiger partial charge on any atom is -0.458 e. The van der Waals surface area contributed by atoms with Gasteiger partial charge in [0.05, 0.1) is 25.2 Å². The van der Waals surface area contributed by atoms with Gasteiger partial charge in [0.2, 0.25) is 5.91 Å². The van der Waals surface area contributed by atoms with Crippen molar-refractivity contribution in [1.82, 2.24) is 5.32 Å². The number of rotatable bonds is 41. The van der Waals surface area contributed by atoms with Crippen LogP contribution in [0.1, 0.15) is 213 Å². The second-order valence-corrected chi connectivity index (χ2v) is 15.8. The van der Waals surface area contributed by atoms with Crippen molar-refractivity contribution in [1.29, 1.82) is 0 Å². The molecule has 0 aromatic heterocycles. The zero-order valence-corrected chi connectivity index (χ0v) is 37.2. The SMILES string of the molecule is CC/C=C\C/C=C\C/C=C\C/C=C\C/C=C\C/C=C\C(CC(=O)NC(CO)C(O)CCCCCCCCCCCC)OC(=O)CCCCCCCCCCCCC. The van der Waals surface area contributed by atoms with E-state index in [1.165, 1.54) is 96.3 Å². The van der Waals surface area contributed by atoms with E-state index in [0.29, 0.717) is 19.3 Å². The van der Waals surface area contributed by atoms with Crippen LogP contribution in [0.15, 0.2) is 72.9 Å². The Labute approximate surface area is 351 Å². The molecule has 6 nitrogen and oxygen atoms in total. The number of unbranched alkanes of at least 4 members (excludes halogenated alkanes) is 19. The van der Waals surface area contributed by atoms with E-state index in [1.807, 2.05) is 6.08 Å². The summed E-state index contributed by atoms with van der Waals surface area (Å²) in [5.74, 6) is -0.633. The number of hydrogen-bond donors (Lipinski definition) is 3. The zero-order valence-electron chi connectivity index (χ0n) is 37.2. The quantitative estimate of drug-likeness (QED) is 0.0325. The minimum atomic E-state index is -0.819. The summed E-state index contributed by atoms with van der Waals surface area (Å²) in [6.07, 6.45) is 55.6. The van der Waals surface area contributed by atoms with E-state index >= 15 is 0 Å². The Morgan fingerprint density at radius 2 is 0.912 bits per heavy atom. The standard InChI is InChI=1S/C51H89NO5/c1-4-7-10-13-16-19-22-23-24-25-26-27-29-30-33-36-39-42-47(57-51(56)44-41-38-35-32-28-20-17-14-11-8-5-2)45-50(55)52-48(46-53)49(54)43-40-37-34-31-21-18-15-12-9-6-3/h7,10,16,19,23-24,26-27,30,33,39,42,47-49,53-54H,4-6,8-9,11-15,17-18,20-22,25,28-29,31-32,34-38,40-41,43-46H2,1-3H3,(H,52,55)/b10-7-,19-16-,24-23-,27-26-,33-30-,42-39-. The molecule has 0 aliphatic carbocycles. The fourth-order valence-electron chi connectivity index (χ4n) is 6.72. The molecule has 0 heterocycles. The first kappa shape index (κ1) is 54.3. The lowest BCUT2D eigenvalue weighted by molar-refractivity contribution is -0.148. The van der Waals surface area contributed by atoms with Gasteiger partial charge in [-0.1, -0.05) is 216 Å². The van der Waals surface area contributed by atoms with Gasteiger partial charge < -0.3 is 20.3 Å². The van der Waals surface area contributed by atoms with Crippen molar-refractivity contribution in [2.45, 2.75) is 232 Å². The lowest BCUT2D eigenvalue weighted by Gasteiger charge is -2.23. The molecule has 1 amide bonds.